The molecule has 0 aliphatic heterocycles. The highest BCUT2D eigenvalue weighted by molar-refractivity contribution is 6.33. The fourth-order valence-corrected chi connectivity index (χ4v) is 1.32. The number of carbonyl (C=O) groups excluding carboxylic acids is 1. The molecule has 0 radical (unpaired) electrons. The van der Waals surface area contributed by atoms with Gasteiger partial charge in [-0.2, -0.15) is 0 Å². The summed E-state index contributed by atoms with van der Waals surface area (Å²) in [5.74, 6) is -0.409. The van der Waals surface area contributed by atoms with E-state index < -0.39 is 10.8 Å². The lowest BCUT2D eigenvalue weighted by atomic mass is 10.0. The highest BCUT2D eigenvalue weighted by atomic mass is 35.5. The van der Waals surface area contributed by atoms with Crippen LogP contribution in [0.5, 0.6) is 0 Å². The van der Waals surface area contributed by atoms with Crippen LogP contribution in [0.1, 0.15) is 19.4 Å². The van der Waals surface area contributed by atoms with Crippen molar-refractivity contribution < 1.29 is 9.53 Å². The van der Waals surface area contributed by atoms with E-state index >= 15 is 0 Å². The third-order valence-electron chi connectivity index (χ3n) is 1.97. The molecule has 0 fully saturated rings. The van der Waals surface area contributed by atoms with Gasteiger partial charge in [-0.25, -0.2) is 4.79 Å². The molecule has 0 heterocycles. The third-order valence-corrected chi connectivity index (χ3v) is 2.35. The Morgan fingerprint density at radius 3 is 2.50 bits per heavy atom. The number of hydrogen-bond acceptors (Lipinski definition) is 2. The van der Waals surface area contributed by atoms with Gasteiger partial charge in [-0.15, -0.1) is 11.6 Å². The maximum atomic E-state index is 11.5. The SMILES string of the molecule is CCOC(=O)[C@@](C)(Cl)c1ccccc1. The van der Waals surface area contributed by atoms with Crippen LogP contribution in [0.15, 0.2) is 30.3 Å². The van der Waals surface area contributed by atoms with Crippen molar-refractivity contribution in [3.8, 4) is 0 Å². The highest BCUT2D eigenvalue weighted by Crippen LogP contribution is 2.29. The van der Waals surface area contributed by atoms with Crippen LogP contribution in [0.3, 0.4) is 0 Å². The number of ether oxygens (including phenoxy) is 1. The van der Waals surface area contributed by atoms with Crippen molar-refractivity contribution >= 4 is 17.6 Å². The molecule has 2 nitrogen and oxygen atoms in total. The van der Waals surface area contributed by atoms with Gasteiger partial charge in [0, 0.05) is 0 Å². The Morgan fingerprint density at radius 1 is 1.43 bits per heavy atom. The zero-order valence-electron chi connectivity index (χ0n) is 8.29. The average molecular weight is 213 g/mol. The Morgan fingerprint density at radius 2 is 2.00 bits per heavy atom. The molecule has 0 aliphatic rings. The zero-order chi connectivity index (χ0) is 10.6. The summed E-state index contributed by atoms with van der Waals surface area (Å²) in [4.78, 5) is 10.4. The molecule has 0 amide bonds. The monoisotopic (exact) mass is 212 g/mol. The minimum atomic E-state index is -1.09. The molecule has 1 rings (SSSR count). The van der Waals surface area contributed by atoms with Gasteiger partial charge in [0.15, 0.2) is 4.87 Å². The minimum Gasteiger partial charge on any atom is -0.464 e. The molecular weight excluding hydrogens is 200 g/mol. The van der Waals surface area contributed by atoms with Gasteiger partial charge in [-0.3, -0.25) is 0 Å². The second-order valence-electron chi connectivity index (χ2n) is 3.09. The molecule has 3 heteroatoms. The predicted molar refractivity (Wildman–Crippen MR) is 56.3 cm³/mol. The Labute approximate surface area is 88.8 Å². The van der Waals surface area contributed by atoms with Crippen LogP contribution in [0, 0.1) is 0 Å². The number of hydrogen-bond donors (Lipinski definition) is 0. The van der Waals surface area contributed by atoms with Crippen LogP contribution in [0.4, 0.5) is 0 Å². The van der Waals surface area contributed by atoms with E-state index in [1.54, 1.807) is 13.8 Å². The second-order valence-corrected chi connectivity index (χ2v) is 3.85. The quantitative estimate of drug-likeness (QED) is 0.569. The minimum absolute atomic E-state index is 0.341. The Kier molecular flexibility index (Phi) is 3.53. The lowest BCUT2D eigenvalue weighted by Gasteiger charge is -2.19. The maximum Gasteiger partial charge on any atom is 0.331 e. The Hall–Kier alpha value is -1.02. The van der Waals surface area contributed by atoms with Crippen molar-refractivity contribution in [2.75, 3.05) is 6.61 Å². The van der Waals surface area contributed by atoms with E-state index in [1.165, 1.54) is 0 Å². The van der Waals surface area contributed by atoms with E-state index in [0.717, 1.165) is 5.56 Å². The molecule has 14 heavy (non-hydrogen) atoms. The van der Waals surface area contributed by atoms with Gasteiger partial charge >= 0.3 is 5.97 Å². The average Bonchev–Trinajstić information content (AvgIpc) is 2.19. The molecule has 0 aliphatic carbocycles. The number of rotatable bonds is 3. The first-order valence-electron chi connectivity index (χ1n) is 4.50. The lowest BCUT2D eigenvalue weighted by molar-refractivity contribution is -0.146. The number of carbonyl (C=O) groups is 1. The van der Waals surface area contributed by atoms with Gasteiger partial charge in [-0.1, -0.05) is 30.3 Å². The number of esters is 1. The van der Waals surface area contributed by atoms with Gasteiger partial charge in [0.25, 0.3) is 0 Å². The number of halogens is 1. The largest absolute Gasteiger partial charge is 0.464 e. The predicted octanol–water partition coefficient (Wildman–Crippen LogP) is 2.70. The van der Waals surface area contributed by atoms with Crippen LogP contribution in [-0.4, -0.2) is 12.6 Å². The van der Waals surface area contributed by atoms with E-state index in [1.807, 2.05) is 30.3 Å². The first-order chi connectivity index (χ1) is 6.59. The third kappa shape index (κ3) is 2.26. The molecule has 0 N–H and O–H groups in total. The molecule has 1 aromatic rings. The molecule has 0 saturated heterocycles. The Bertz CT molecular complexity index is 306. The normalized spacial score (nSPS) is 14.5. The van der Waals surface area contributed by atoms with Crippen LogP contribution in [0.2, 0.25) is 0 Å². The van der Waals surface area contributed by atoms with Gasteiger partial charge in [-0.05, 0) is 19.4 Å². The first kappa shape index (κ1) is 11.1. The molecule has 0 unspecified atom stereocenters. The lowest BCUT2D eigenvalue weighted by Crippen LogP contribution is -2.28. The van der Waals surface area contributed by atoms with Crippen molar-refractivity contribution in [3.05, 3.63) is 35.9 Å². The van der Waals surface area contributed by atoms with Gasteiger partial charge in [0.05, 0.1) is 6.61 Å². The number of alkyl halides is 1. The summed E-state index contributed by atoms with van der Waals surface area (Å²) < 4.78 is 4.89. The van der Waals surface area contributed by atoms with Crippen molar-refractivity contribution in [3.63, 3.8) is 0 Å². The summed E-state index contributed by atoms with van der Waals surface area (Å²) in [7, 11) is 0. The smallest absolute Gasteiger partial charge is 0.331 e. The van der Waals surface area contributed by atoms with E-state index in [-0.39, 0.29) is 0 Å². The fourth-order valence-electron chi connectivity index (χ4n) is 1.14. The number of benzene rings is 1. The fraction of sp³-hybridized carbons (Fsp3) is 0.364. The van der Waals surface area contributed by atoms with E-state index in [9.17, 15) is 4.79 Å². The Balaban J connectivity index is 2.90. The summed E-state index contributed by atoms with van der Waals surface area (Å²) >= 11 is 6.12. The van der Waals surface area contributed by atoms with Crippen molar-refractivity contribution in [2.24, 2.45) is 0 Å². The van der Waals surface area contributed by atoms with Crippen LogP contribution < -0.4 is 0 Å². The molecular formula is C11H13ClO2. The highest BCUT2D eigenvalue weighted by Gasteiger charge is 2.33. The van der Waals surface area contributed by atoms with E-state index in [2.05, 4.69) is 0 Å². The molecule has 0 saturated carbocycles. The van der Waals surface area contributed by atoms with E-state index in [4.69, 9.17) is 16.3 Å². The van der Waals surface area contributed by atoms with E-state index in [0.29, 0.717) is 6.61 Å². The van der Waals surface area contributed by atoms with Crippen LogP contribution >= 0.6 is 11.6 Å². The van der Waals surface area contributed by atoms with Crippen molar-refractivity contribution in [1.82, 2.24) is 0 Å². The standard InChI is InChI=1S/C11H13ClO2/c1-3-14-10(13)11(2,12)9-7-5-4-6-8-9/h4-8H,3H2,1-2H3/t11-/m0/s1. The van der Waals surface area contributed by atoms with Crippen molar-refractivity contribution in [2.45, 2.75) is 18.7 Å². The molecule has 1 aromatic carbocycles. The van der Waals surface area contributed by atoms with Crippen LogP contribution in [-0.2, 0) is 14.4 Å². The second kappa shape index (κ2) is 4.47. The van der Waals surface area contributed by atoms with Gasteiger partial charge in [0.2, 0.25) is 0 Å². The van der Waals surface area contributed by atoms with Gasteiger partial charge in [0.1, 0.15) is 0 Å². The topological polar surface area (TPSA) is 26.3 Å². The first-order valence-corrected chi connectivity index (χ1v) is 4.88. The molecule has 0 bridgehead atoms. The molecule has 0 spiro atoms. The van der Waals surface area contributed by atoms with Crippen molar-refractivity contribution in [1.29, 1.82) is 0 Å². The summed E-state index contributed by atoms with van der Waals surface area (Å²) in [6.07, 6.45) is 0. The maximum absolute atomic E-state index is 11.5. The molecule has 1 atom stereocenters. The summed E-state index contributed by atoms with van der Waals surface area (Å²) in [5, 5.41) is 0. The molecule has 0 aromatic heterocycles. The molecule has 76 valence electrons. The summed E-state index contributed by atoms with van der Waals surface area (Å²) in [6, 6.07) is 9.18. The van der Waals surface area contributed by atoms with Gasteiger partial charge < -0.3 is 4.74 Å². The van der Waals surface area contributed by atoms with Crippen LogP contribution in [0.25, 0.3) is 0 Å². The summed E-state index contributed by atoms with van der Waals surface area (Å²) in [5.41, 5.74) is 0.750. The zero-order valence-corrected chi connectivity index (χ0v) is 9.04. The summed E-state index contributed by atoms with van der Waals surface area (Å²) in [6.45, 7) is 3.74.